The number of hydrogen-bond acceptors (Lipinski definition) is 10. The molecular weight excluding hydrogens is 827 g/mol. The highest BCUT2D eigenvalue weighted by molar-refractivity contribution is 5.89. The maximum absolute atomic E-state index is 13.7. The highest BCUT2D eigenvalue weighted by Crippen LogP contribution is 2.46. The lowest BCUT2D eigenvalue weighted by Gasteiger charge is -2.45. The van der Waals surface area contributed by atoms with E-state index in [2.05, 4.69) is 15.0 Å². The first-order chi connectivity index (χ1) is 27.9. The average Bonchev–Trinajstić information content (AvgIpc) is 3.16. The zero-order valence-electron chi connectivity index (χ0n) is 31.8. The standard InChI is InChI=1S/C29H27F9N6O3.C8H14O5/c1-2-26(39)13-18(23-20(44(26)25(45)46)3-4-22(42-23)29(36,37)38)24-40-14-21(43-5-7-47-8-6-43)19(41-24)11-15-9-16(27(30,31)32)12-17(10-15)28(33,34)35;9-7(10)3-1-5-13-6-2-4-8(11)12/h3-4,9-10,12,14,18H,2,5-8,11,13,39H2,1H3,(H,45,46);1-6H2,(H,9,10)(H,11,12)/t18-,26+;/m0./s1. The van der Waals surface area contributed by atoms with Crippen LogP contribution in [0.2, 0.25) is 0 Å². The van der Waals surface area contributed by atoms with Crippen molar-refractivity contribution in [1.29, 1.82) is 0 Å². The molecule has 1 aromatic carbocycles. The van der Waals surface area contributed by atoms with Crippen LogP contribution in [0.4, 0.5) is 55.7 Å². The van der Waals surface area contributed by atoms with Gasteiger partial charge < -0.3 is 35.4 Å². The van der Waals surface area contributed by atoms with Crippen LogP contribution in [0.25, 0.3) is 0 Å². The lowest BCUT2D eigenvalue weighted by atomic mass is 9.83. The predicted octanol–water partition coefficient (Wildman–Crippen LogP) is 7.17. The monoisotopic (exact) mass is 868 g/mol. The van der Waals surface area contributed by atoms with Gasteiger partial charge in [-0.1, -0.05) is 6.92 Å². The van der Waals surface area contributed by atoms with Crippen molar-refractivity contribution in [3.63, 3.8) is 0 Å². The molecule has 1 amide bonds. The van der Waals surface area contributed by atoms with Crippen LogP contribution in [0, 0.1) is 0 Å². The number of alkyl halides is 9. The molecule has 2 aromatic heterocycles. The molecule has 2 aliphatic rings. The summed E-state index contributed by atoms with van der Waals surface area (Å²) in [6.07, 6.45) is -15.1. The fraction of sp³-hybridized carbons (Fsp3) is 0.514. The molecule has 23 heteroatoms. The maximum Gasteiger partial charge on any atom is 0.433 e. The van der Waals surface area contributed by atoms with E-state index in [0.29, 0.717) is 44.3 Å². The molecule has 330 valence electrons. The van der Waals surface area contributed by atoms with Crippen LogP contribution in [-0.4, -0.2) is 93.5 Å². The summed E-state index contributed by atoms with van der Waals surface area (Å²) in [6, 6.07) is 2.67. The number of carboxylic acid groups (broad SMARTS) is 3. The Morgan fingerprint density at radius 3 is 1.90 bits per heavy atom. The van der Waals surface area contributed by atoms with Crippen LogP contribution in [0.15, 0.2) is 36.5 Å². The summed E-state index contributed by atoms with van der Waals surface area (Å²) in [6.45, 7) is 3.39. The van der Waals surface area contributed by atoms with Gasteiger partial charge in [0.15, 0.2) is 0 Å². The third-order valence-electron chi connectivity index (χ3n) is 9.48. The molecule has 4 heterocycles. The van der Waals surface area contributed by atoms with Crippen LogP contribution in [0.5, 0.6) is 0 Å². The van der Waals surface area contributed by atoms with Gasteiger partial charge in [0, 0.05) is 45.6 Å². The lowest BCUT2D eigenvalue weighted by Crippen LogP contribution is -2.61. The van der Waals surface area contributed by atoms with Crippen molar-refractivity contribution in [2.45, 2.75) is 82.0 Å². The van der Waals surface area contributed by atoms with Crippen molar-refractivity contribution >= 4 is 29.4 Å². The van der Waals surface area contributed by atoms with Gasteiger partial charge in [-0.2, -0.15) is 39.5 Å². The average molecular weight is 869 g/mol. The van der Waals surface area contributed by atoms with E-state index in [1.54, 1.807) is 11.8 Å². The van der Waals surface area contributed by atoms with E-state index in [4.69, 9.17) is 25.4 Å². The Morgan fingerprint density at radius 2 is 1.42 bits per heavy atom. The van der Waals surface area contributed by atoms with Gasteiger partial charge >= 0.3 is 36.6 Å². The number of aromatic nitrogens is 3. The molecule has 0 radical (unpaired) electrons. The first-order valence-corrected chi connectivity index (χ1v) is 18.3. The number of fused-ring (bicyclic) bond motifs is 1. The number of nitrogens with zero attached hydrogens (tertiary/aromatic N) is 5. The summed E-state index contributed by atoms with van der Waals surface area (Å²) in [5.74, 6) is -3.11. The van der Waals surface area contributed by atoms with Gasteiger partial charge in [0.25, 0.3) is 0 Å². The van der Waals surface area contributed by atoms with Crippen molar-refractivity contribution in [1.82, 2.24) is 15.0 Å². The fourth-order valence-corrected chi connectivity index (χ4v) is 6.52. The number of hydrogen-bond donors (Lipinski definition) is 4. The fourth-order valence-electron chi connectivity index (χ4n) is 6.52. The van der Waals surface area contributed by atoms with Gasteiger partial charge in [0.2, 0.25) is 0 Å². The molecule has 2 aliphatic heterocycles. The quantitative estimate of drug-likeness (QED) is 0.0996. The molecule has 0 unspecified atom stereocenters. The maximum atomic E-state index is 13.7. The number of anilines is 2. The van der Waals surface area contributed by atoms with Crippen LogP contribution in [0.1, 0.15) is 91.0 Å². The molecule has 0 saturated carbocycles. The molecule has 3 aromatic rings. The molecule has 2 atom stereocenters. The minimum Gasteiger partial charge on any atom is -0.481 e. The number of halogens is 9. The Labute approximate surface area is 336 Å². The van der Waals surface area contributed by atoms with Crippen molar-refractivity contribution in [2.75, 3.05) is 49.3 Å². The number of nitrogens with two attached hydrogens (primary N) is 1. The minimum absolute atomic E-state index is 0.000438. The summed E-state index contributed by atoms with van der Waals surface area (Å²) in [7, 11) is 0. The Balaban J connectivity index is 0.000000526. The van der Waals surface area contributed by atoms with E-state index < -0.39 is 71.4 Å². The Morgan fingerprint density at radius 1 is 0.850 bits per heavy atom. The van der Waals surface area contributed by atoms with Crippen molar-refractivity contribution in [2.24, 2.45) is 5.73 Å². The summed E-state index contributed by atoms with van der Waals surface area (Å²) in [4.78, 5) is 47.4. The molecule has 60 heavy (non-hydrogen) atoms. The number of ether oxygens (including phenoxy) is 2. The van der Waals surface area contributed by atoms with Gasteiger partial charge in [0.1, 0.15) is 17.2 Å². The molecule has 0 spiro atoms. The van der Waals surface area contributed by atoms with Crippen LogP contribution >= 0.6 is 0 Å². The van der Waals surface area contributed by atoms with E-state index in [1.165, 1.54) is 6.20 Å². The molecule has 0 bridgehead atoms. The van der Waals surface area contributed by atoms with E-state index in [9.17, 15) is 59.0 Å². The Bertz CT molecular complexity index is 1940. The first kappa shape index (κ1) is 47.4. The Kier molecular flexibility index (Phi) is 15.3. The summed E-state index contributed by atoms with van der Waals surface area (Å²) in [5.41, 5.74) is -0.305. The number of carboxylic acids is 2. The summed E-state index contributed by atoms with van der Waals surface area (Å²) < 4.78 is 133. The number of amides is 1. The van der Waals surface area contributed by atoms with Crippen LogP contribution < -0.4 is 15.5 Å². The second kappa shape index (κ2) is 19.4. The molecule has 0 aliphatic carbocycles. The van der Waals surface area contributed by atoms with Crippen LogP contribution in [0.3, 0.4) is 0 Å². The largest absolute Gasteiger partial charge is 0.481 e. The summed E-state index contributed by atoms with van der Waals surface area (Å²) in [5, 5.41) is 26.5. The zero-order valence-corrected chi connectivity index (χ0v) is 31.8. The molecule has 5 rings (SSSR count). The van der Waals surface area contributed by atoms with Gasteiger partial charge in [-0.25, -0.2) is 19.7 Å². The number of benzene rings is 1. The van der Waals surface area contributed by atoms with Crippen LogP contribution in [-0.2, 0) is 44.0 Å². The second-order valence-corrected chi connectivity index (χ2v) is 13.8. The van der Waals surface area contributed by atoms with E-state index in [-0.39, 0.29) is 92.2 Å². The van der Waals surface area contributed by atoms with Gasteiger partial charge in [-0.15, -0.1) is 0 Å². The first-order valence-electron chi connectivity index (χ1n) is 18.3. The zero-order chi connectivity index (χ0) is 44.6. The number of aliphatic carboxylic acids is 2. The molecule has 1 fully saturated rings. The normalized spacial score (nSPS) is 18.4. The molecular formula is C37H41F9N6O8. The summed E-state index contributed by atoms with van der Waals surface area (Å²) >= 11 is 0. The van der Waals surface area contributed by atoms with Gasteiger partial charge in [0.05, 0.1) is 59.2 Å². The van der Waals surface area contributed by atoms with E-state index >= 15 is 0 Å². The molecule has 14 nitrogen and oxygen atoms in total. The SMILES string of the molecule is CC[C@]1(N)C[C@H](c2ncc(N3CCOCC3)c(Cc3cc(C(F)(F)F)cc(C(F)(F)F)c3)n2)c2nc(C(F)(F)F)ccc2N1C(=O)O.O=C(O)CCCOCCCC(=O)O. The van der Waals surface area contributed by atoms with Crippen molar-refractivity contribution < 1.29 is 78.7 Å². The Hall–Kier alpha value is -5.29. The number of carbonyl (C=O) groups is 3. The highest BCUT2D eigenvalue weighted by Gasteiger charge is 2.48. The number of morpholine rings is 1. The van der Waals surface area contributed by atoms with Gasteiger partial charge in [-0.05, 0) is 61.6 Å². The minimum atomic E-state index is -5.10. The second-order valence-electron chi connectivity index (χ2n) is 13.8. The number of rotatable bonds is 13. The topological polar surface area (TPSA) is 202 Å². The lowest BCUT2D eigenvalue weighted by molar-refractivity contribution is -0.143. The third kappa shape index (κ3) is 12.4. The number of pyridine rings is 1. The third-order valence-corrected chi connectivity index (χ3v) is 9.48. The van der Waals surface area contributed by atoms with Crippen molar-refractivity contribution in [3.8, 4) is 0 Å². The van der Waals surface area contributed by atoms with Crippen molar-refractivity contribution in [3.05, 3.63) is 76.1 Å². The smallest absolute Gasteiger partial charge is 0.433 e. The molecule has 1 saturated heterocycles. The highest BCUT2D eigenvalue weighted by atomic mass is 19.4. The van der Waals surface area contributed by atoms with Gasteiger partial charge in [-0.3, -0.25) is 14.5 Å². The molecule has 5 N–H and O–H groups in total. The van der Waals surface area contributed by atoms with E-state index in [0.717, 1.165) is 11.0 Å². The van der Waals surface area contributed by atoms with E-state index in [1.807, 2.05) is 0 Å². The predicted molar refractivity (Wildman–Crippen MR) is 192 cm³/mol.